The van der Waals surface area contributed by atoms with Crippen LogP contribution < -0.4 is 14.2 Å². The molecule has 0 spiro atoms. The summed E-state index contributed by atoms with van der Waals surface area (Å²) in [7, 11) is 1.57. The average molecular weight is 367 g/mol. The summed E-state index contributed by atoms with van der Waals surface area (Å²) in [5.41, 5.74) is 0.103. The highest BCUT2D eigenvalue weighted by molar-refractivity contribution is 9.10. The molecule has 0 aliphatic rings. The van der Waals surface area contributed by atoms with E-state index in [0.717, 1.165) is 0 Å². The Balaban J connectivity index is 1.93. The predicted molar refractivity (Wildman–Crippen MR) is 85.1 cm³/mol. The summed E-state index contributed by atoms with van der Waals surface area (Å²) in [4.78, 5) is 11.2. The van der Waals surface area contributed by atoms with E-state index in [-0.39, 0.29) is 18.8 Å². The van der Waals surface area contributed by atoms with Crippen molar-refractivity contribution in [3.63, 3.8) is 0 Å². The zero-order valence-electron chi connectivity index (χ0n) is 11.9. The number of hydrogen-bond donors (Lipinski definition) is 1. The van der Waals surface area contributed by atoms with E-state index in [1.807, 2.05) is 12.1 Å². The van der Waals surface area contributed by atoms with Crippen molar-refractivity contribution in [2.75, 3.05) is 20.3 Å². The second-order valence-electron chi connectivity index (χ2n) is 4.29. The lowest BCUT2D eigenvalue weighted by Crippen LogP contribution is -2.11. The zero-order valence-corrected chi connectivity index (χ0v) is 13.5. The Hall–Kier alpha value is -2.21. The lowest BCUT2D eigenvalue weighted by atomic mass is 10.2. The quantitative estimate of drug-likeness (QED) is 0.758. The third-order valence-electron chi connectivity index (χ3n) is 2.84. The largest absolute Gasteiger partial charge is 0.493 e. The van der Waals surface area contributed by atoms with Crippen LogP contribution in [0.3, 0.4) is 0 Å². The number of carboxylic acids is 1. The molecule has 0 saturated heterocycles. The number of ether oxygens (including phenoxy) is 3. The van der Waals surface area contributed by atoms with E-state index < -0.39 is 5.97 Å². The zero-order chi connectivity index (χ0) is 15.9. The Morgan fingerprint density at radius 3 is 2.32 bits per heavy atom. The van der Waals surface area contributed by atoms with E-state index in [0.29, 0.717) is 21.7 Å². The third-order valence-corrected chi connectivity index (χ3v) is 3.33. The lowest BCUT2D eigenvalue weighted by Gasteiger charge is -2.12. The number of hydrogen-bond acceptors (Lipinski definition) is 4. The molecule has 2 aromatic rings. The number of methoxy groups -OCH3 is 1. The number of benzene rings is 2. The van der Waals surface area contributed by atoms with E-state index in [9.17, 15) is 4.79 Å². The van der Waals surface area contributed by atoms with E-state index >= 15 is 0 Å². The lowest BCUT2D eigenvalue weighted by molar-refractivity contribution is 0.0691. The summed E-state index contributed by atoms with van der Waals surface area (Å²) in [6, 6.07) is 12.1. The van der Waals surface area contributed by atoms with Gasteiger partial charge in [-0.2, -0.15) is 0 Å². The second kappa shape index (κ2) is 7.70. The van der Waals surface area contributed by atoms with Crippen molar-refractivity contribution in [3.8, 4) is 17.2 Å². The average Bonchev–Trinajstić information content (AvgIpc) is 2.52. The molecule has 0 fully saturated rings. The summed E-state index contributed by atoms with van der Waals surface area (Å²) in [6.45, 7) is 0.495. The van der Waals surface area contributed by atoms with Crippen molar-refractivity contribution in [1.82, 2.24) is 0 Å². The molecule has 2 aromatic carbocycles. The minimum Gasteiger partial charge on any atom is -0.493 e. The molecule has 5 nitrogen and oxygen atoms in total. The van der Waals surface area contributed by atoms with E-state index in [2.05, 4.69) is 15.9 Å². The standard InChI is InChI=1S/C16H15BrO5/c1-20-14-4-2-3-5-15(14)22-9-8-21-13-7-6-11(17)10-12(13)16(18)19/h2-7,10H,8-9H2,1H3,(H,18,19). The first-order chi connectivity index (χ1) is 10.6. The van der Waals surface area contributed by atoms with Gasteiger partial charge in [0.15, 0.2) is 11.5 Å². The third kappa shape index (κ3) is 4.14. The van der Waals surface area contributed by atoms with E-state index in [1.165, 1.54) is 6.07 Å². The van der Waals surface area contributed by atoms with Crippen LogP contribution in [-0.4, -0.2) is 31.4 Å². The molecule has 0 saturated carbocycles. The first kappa shape index (κ1) is 16.2. The fraction of sp³-hybridized carbons (Fsp3) is 0.188. The maximum absolute atomic E-state index is 11.2. The summed E-state index contributed by atoms with van der Waals surface area (Å²) in [5, 5.41) is 9.14. The van der Waals surface area contributed by atoms with E-state index in [1.54, 1.807) is 31.4 Å². The molecule has 6 heteroatoms. The topological polar surface area (TPSA) is 65.0 Å². The Morgan fingerprint density at radius 2 is 1.68 bits per heavy atom. The molecule has 0 heterocycles. The molecular weight excluding hydrogens is 352 g/mol. The number of carbonyl (C=O) groups is 1. The molecule has 0 amide bonds. The SMILES string of the molecule is COc1ccccc1OCCOc1ccc(Br)cc1C(=O)O. The van der Waals surface area contributed by atoms with Crippen LogP contribution >= 0.6 is 15.9 Å². The van der Waals surface area contributed by atoms with Gasteiger partial charge in [0.2, 0.25) is 0 Å². The minimum atomic E-state index is -1.04. The highest BCUT2D eigenvalue weighted by Crippen LogP contribution is 2.26. The van der Waals surface area contributed by atoms with Crippen LogP contribution in [0, 0.1) is 0 Å². The number of rotatable bonds is 7. The Labute approximate surface area is 136 Å². The minimum absolute atomic E-state index is 0.103. The van der Waals surface area contributed by atoms with Gasteiger partial charge in [-0.05, 0) is 30.3 Å². The van der Waals surface area contributed by atoms with Gasteiger partial charge < -0.3 is 19.3 Å². The molecule has 0 atom stereocenters. The van der Waals surface area contributed by atoms with Crippen LogP contribution in [0.2, 0.25) is 0 Å². The first-order valence-corrected chi connectivity index (χ1v) is 7.32. The number of para-hydroxylation sites is 2. The molecule has 116 valence electrons. The van der Waals surface area contributed by atoms with Crippen molar-refractivity contribution >= 4 is 21.9 Å². The molecule has 0 aromatic heterocycles. The molecule has 0 bridgehead atoms. The first-order valence-electron chi connectivity index (χ1n) is 6.53. The van der Waals surface area contributed by atoms with Gasteiger partial charge in [0.25, 0.3) is 0 Å². The van der Waals surface area contributed by atoms with Gasteiger partial charge in [-0.15, -0.1) is 0 Å². The van der Waals surface area contributed by atoms with Gasteiger partial charge in [0.1, 0.15) is 24.5 Å². The molecule has 22 heavy (non-hydrogen) atoms. The summed E-state index contributed by atoms with van der Waals surface area (Å²) in [6.07, 6.45) is 0. The van der Waals surface area contributed by atoms with Crippen LogP contribution in [0.15, 0.2) is 46.9 Å². The van der Waals surface area contributed by atoms with Crippen LogP contribution in [0.4, 0.5) is 0 Å². The van der Waals surface area contributed by atoms with Crippen LogP contribution in [0.1, 0.15) is 10.4 Å². The number of halogens is 1. The van der Waals surface area contributed by atoms with Crippen LogP contribution in [0.25, 0.3) is 0 Å². The summed E-state index contributed by atoms with van der Waals surface area (Å²) in [5.74, 6) is 0.515. The highest BCUT2D eigenvalue weighted by Gasteiger charge is 2.12. The van der Waals surface area contributed by atoms with Crippen molar-refractivity contribution in [3.05, 3.63) is 52.5 Å². The van der Waals surface area contributed by atoms with E-state index in [4.69, 9.17) is 19.3 Å². The van der Waals surface area contributed by atoms with Crippen molar-refractivity contribution in [2.45, 2.75) is 0 Å². The van der Waals surface area contributed by atoms with Gasteiger partial charge >= 0.3 is 5.97 Å². The predicted octanol–water partition coefficient (Wildman–Crippen LogP) is 3.61. The molecular formula is C16H15BrO5. The van der Waals surface area contributed by atoms with Crippen LogP contribution in [0.5, 0.6) is 17.2 Å². The van der Waals surface area contributed by atoms with Gasteiger partial charge in [-0.25, -0.2) is 4.79 Å². The Kier molecular flexibility index (Phi) is 5.66. The number of carboxylic acid groups (broad SMARTS) is 1. The van der Waals surface area contributed by atoms with Gasteiger partial charge in [-0.3, -0.25) is 0 Å². The molecule has 0 aliphatic heterocycles. The summed E-state index contributed by atoms with van der Waals surface area (Å²) < 4.78 is 16.9. The van der Waals surface area contributed by atoms with Gasteiger partial charge in [0.05, 0.1) is 7.11 Å². The highest BCUT2D eigenvalue weighted by atomic mass is 79.9. The monoisotopic (exact) mass is 366 g/mol. The van der Waals surface area contributed by atoms with Crippen molar-refractivity contribution < 1.29 is 24.1 Å². The van der Waals surface area contributed by atoms with Gasteiger partial charge in [0, 0.05) is 4.47 Å². The number of aromatic carboxylic acids is 1. The molecule has 1 N–H and O–H groups in total. The van der Waals surface area contributed by atoms with Crippen LogP contribution in [-0.2, 0) is 0 Å². The molecule has 2 rings (SSSR count). The smallest absolute Gasteiger partial charge is 0.339 e. The second-order valence-corrected chi connectivity index (χ2v) is 5.21. The van der Waals surface area contributed by atoms with Crippen molar-refractivity contribution in [1.29, 1.82) is 0 Å². The summed E-state index contributed by atoms with van der Waals surface area (Å²) >= 11 is 3.24. The fourth-order valence-corrected chi connectivity index (χ4v) is 2.20. The molecule has 0 radical (unpaired) electrons. The molecule has 0 aliphatic carbocycles. The van der Waals surface area contributed by atoms with Gasteiger partial charge in [-0.1, -0.05) is 28.1 Å². The maximum Gasteiger partial charge on any atom is 0.339 e. The Morgan fingerprint density at radius 1 is 1.05 bits per heavy atom. The maximum atomic E-state index is 11.2. The molecule has 0 unspecified atom stereocenters. The fourth-order valence-electron chi connectivity index (χ4n) is 1.84. The normalized spacial score (nSPS) is 10.1. The Bertz CT molecular complexity index is 657. The van der Waals surface area contributed by atoms with Crippen molar-refractivity contribution in [2.24, 2.45) is 0 Å².